The van der Waals surface area contributed by atoms with Crippen LogP contribution in [-0.2, 0) is 4.79 Å². The van der Waals surface area contributed by atoms with E-state index in [4.69, 9.17) is 0 Å². The Hall–Kier alpha value is -1.30. The number of nitrogens with one attached hydrogen (secondary N) is 1. The van der Waals surface area contributed by atoms with Crippen molar-refractivity contribution >= 4 is 12.0 Å². The highest BCUT2D eigenvalue weighted by Gasteiger charge is 2.42. The van der Waals surface area contributed by atoms with E-state index in [-0.39, 0.29) is 12.6 Å². The topological polar surface area (TPSA) is 72.9 Å². The van der Waals surface area contributed by atoms with Crippen molar-refractivity contribution in [1.29, 1.82) is 0 Å². The molecule has 2 rings (SSSR count). The van der Waals surface area contributed by atoms with Gasteiger partial charge in [0.25, 0.3) is 0 Å². The Morgan fingerprint density at radius 2 is 1.71 bits per heavy atom. The molecule has 0 radical (unpaired) electrons. The second-order valence-electron chi connectivity index (χ2n) is 6.72. The Balaban J connectivity index is 1.91. The maximum atomic E-state index is 12.3. The molecule has 0 aromatic heterocycles. The summed E-state index contributed by atoms with van der Waals surface area (Å²) in [6.45, 7) is 5.83. The highest BCUT2D eigenvalue weighted by atomic mass is 16.4. The van der Waals surface area contributed by atoms with E-state index < -0.39 is 11.4 Å². The van der Waals surface area contributed by atoms with Crippen LogP contribution in [0.25, 0.3) is 0 Å². The minimum atomic E-state index is -0.777. The van der Waals surface area contributed by atoms with Gasteiger partial charge >= 0.3 is 12.0 Å². The molecule has 0 aromatic carbocycles. The zero-order chi connectivity index (χ0) is 15.6. The van der Waals surface area contributed by atoms with Crippen LogP contribution >= 0.6 is 0 Å². The number of rotatable bonds is 3. The molecule has 1 saturated heterocycles. The van der Waals surface area contributed by atoms with Crippen molar-refractivity contribution in [2.75, 3.05) is 26.7 Å². The number of carbonyl (C=O) groups excluding carboxylic acids is 1. The van der Waals surface area contributed by atoms with Crippen LogP contribution in [0.3, 0.4) is 0 Å². The van der Waals surface area contributed by atoms with Gasteiger partial charge in [0.15, 0.2) is 0 Å². The molecule has 2 N–H and O–H groups in total. The van der Waals surface area contributed by atoms with Crippen LogP contribution in [0.2, 0.25) is 0 Å². The molecule has 1 aliphatic heterocycles. The first kappa shape index (κ1) is 16.1. The first-order valence-corrected chi connectivity index (χ1v) is 7.84. The molecule has 2 atom stereocenters. The van der Waals surface area contributed by atoms with E-state index in [1.54, 1.807) is 4.90 Å². The van der Waals surface area contributed by atoms with Crippen LogP contribution in [0.1, 0.15) is 39.5 Å². The zero-order valence-corrected chi connectivity index (χ0v) is 13.3. The Labute approximate surface area is 126 Å². The van der Waals surface area contributed by atoms with Crippen LogP contribution in [0.5, 0.6) is 0 Å². The third-order valence-corrected chi connectivity index (χ3v) is 5.24. The second kappa shape index (κ2) is 6.22. The lowest BCUT2D eigenvalue weighted by atomic mass is 9.86. The smallest absolute Gasteiger partial charge is 0.317 e. The number of urea groups is 1. The molecular weight excluding hydrogens is 270 g/mol. The molecule has 21 heavy (non-hydrogen) atoms. The van der Waals surface area contributed by atoms with E-state index in [0.29, 0.717) is 38.0 Å². The minimum Gasteiger partial charge on any atom is -0.481 e. The highest BCUT2D eigenvalue weighted by Crippen LogP contribution is 2.37. The number of nitrogens with zero attached hydrogens (tertiary/aromatic N) is 2. The Kier molecular flexibility index (Phi) is 4.76. The van der Waals surface area contributed by atoms with E-state index in [0.717, 1.165) is 12.8 Å². The lowest BCUT2D eigenvalue weighted by molar-refractivity contribution is -0.148. The second-order valence-corrected chi connectivity index (χ2v) is 6.72. The summed E-state index contributed by atoms with van der Waals surface area (Å²) < 4.78 is 0. The van der Waals surface area contributed by atoms with Gasteiger partial charge in [-0.05, 0) is 33.7 Å². The van der Waals surface area contributed by atoms with E-state index in [1.165, 1.54) is 0 Å². The largest absolute Gasteiger partial charge is 0.481 e. The van der Waals surface area contributed by atoms with Crippen molar-refractivity contribution in [3.63, 3.8) is 0 Å². The number of carboxylic acids is 1. The van der Waals surface area contributed by atoms with Crippen molar-refractivity contribution in [3.8, 4) is 0 Å². The van der Waals surface area contributed by atoms with E-state index in [9.17, 15) is 14.7 Å². The number of amides is 2. The highest BCUT2D eigenvalue weighted by molar-refractivity contribution is 5.78. The summed E-state index contributed by atoms with van der Waals surface area (Å²) >= 11 is 0. The first-order valence-electron chi connectivity index (χ1n) is 7.84. The lowest BCUT2D eigenvalue weighted by Gasteiger charge is -2.42. The average Bonchev–Trinajstić information content (AvgIpc) is 2.91. The van der Waals surface area contributed by atoms with Gasteiger partial charge in [-0.2, -0.15) is 0 Å². The minimum absolute atomic E-state index is 0.130. The average molecular weight is 297 g/mol. The first-order chi connectivity index (χ1) is 9.85. The summed E-state index contributed by atoms with van der Waals surface area (Å²) in [6.07, 6.45) is 3.20. The maximum Gasteiger partial charge on any atom is 0.317 e. The molecule has 0 bridgehead atoms. The number of carboxylic acid groups (broad SMARTS) is 1. The monoisotopic (exact) mass is 297 g/mol. The Morgan fingerprint density at radius 1 is 1.19 bits per heavy atom. The van der Waals surface area contributed by atoms with E-state index in [2.05, 4.69) is 31.1 Å². The summed E-state index contributed by atoms with van der Waals surface area (Å²) in [5.41, 5.74) is -0.751. The molecule has 2 amide bonds. The summed E-state index contributed by atoms with van der Waals surface area (Å²) in [5.74, 6) is -0.777. The Bertz CT molecular complexity index is 395. The summed E-state index contributed by atoms with van der Waals surface area (Å²) in [5, 5.41) is 12.3. The number of likely N-dealkylation sites (N-methyl/N-ethyl adjacent to an activating group) is 1. The fourth-order valence-corrected chi connectivity index (χ4v) is 3.44. The van der Waals surface area contributed by atoms with Crippen LogP contribution in [0.4, 0.5) is 4.79 Å². The molecule has 6 nitrogen and oxygen atoms in total. The summed E-state index contributed by atoms with van der Waals surface area (Å²) in [6, 6.07) is 0.508. The molecule has 0 aromatic rings. The van der Waals surface area contributed by atoms with Gasteiger partial charge in [0.1, 0.15) is 0 Å². The number of carbonyl (C=O) groups is 2. The normalized spacial score (nSPS) is 29.4. The Morgan fingerprint density at radius 3 is 2.19 bits per heavy atom. The van der Waals surface area contributed by atoms with Crippen molar-refractivity contribution in [2.45, 2.75) is 51.6 Å². The molecule has 1 saturated carbocycles. The van der Waals surface area contributed by atoms with Crippen LogP contribution in [-0.4, -0.2) is 65.7 Å². The predicted molar refractivity (Wildman–Crippen MR) is 80.2 cm³/mol. The van der Waals surface area contributed by atoms with Gasteiger partial charge in [-0.25, -0.2) is 4.79 Å². The van der Waals surface area contributed by atoms with Crippen molar-refractivity contribution in [1.82, 2.24) is 15.1 Å². The number of hydrogen-bond acceptors (Lipinski definition) is 3. The SMILES string of the molecule is CC1CN(C(=O)NCC2(C(=O)O)CCCC2)CC(C)N1C. The molecule has 120 valence electrons. The van der Waals surface area contributed by atoms with Crippen molar-refractivity contribution < 1.29 is 14.7 Å². The predicted octanol–water partition coefficient (Wildman–Crippen LogP) is 1.37. The van der Waals surface area contributed by atoms with Gasteiger partial charge in [-0.1, -0.05) is 12.8 Å². The van der Waals surface area contributed by atoms with Gasteiger partial charge < -0.3 is 15.3 Å². The van der Waals surface area contributed by atoms with E-state index in [1.807, 2.05) is 0 Å². The van der Waals surface area contributed by atoms with Crippen LogP contribution in [0.15, 0.2) is 0 Å². The zero-order valence-electron chi connectivity index (χ0n) is 13.3. The van der Waals surface area contributed by atoms with Gasteiger partial charge in [0.05, 0.1) is 5.41 Å². The third-order valence-electron chi connectivity index (χ3n) is 5.24. The maximum absolute atomic E-state index is 12.3. The van der Waals surface area contributed by atoms with Gasteiger partial charge in [-0.15, -0.1) is 0 Å². The van der Waals surface area contributed by atoms with Crippen molar-refractivity contribution in [3.05, 3.63) is 0 Å². The molecule has 0 spiro atoms. The van der Waals surface area contributed by atoms with Crippen LogP contribution < -0.4 is 5.32 Å². The van der Waals surface area contributed by atoms with Gasteiger partial charge in [-0.3, -0.25) is 9.69 Å². The van der Waals surface area contributed by atoms with E-state index >= 15 is 0 Å². The molecule has 1 heterocycles. The number of piperazine rings is 1. The number of aliphatic carboxylic acids is 1. The summed E-state index contributed by atoms with van der Waals surface area (Å²) in [7, 11) is 2.07. The van der Waals surface area contributed by atoms with Crippen LogP contribution in [0, 0.1) is 5.41 Å². The quantitative estimate of drug-likeness (QED) is 0.825. The molecule has 6 heteroatoms. The van der Waals surface area contributed by atoms with Gasteiger partial charge in [0.2, 0.25) is 0 Å². The molecule has 2 aliphatic rings. The van der Waals surface area contributed by atoms with Gasteiger partial charge in [0, 0.05) is 31.7 Å². The molecular formula is C15H27N3O3. The molecule has 2 unspecified atom stereocenters. The molecule has 1 aliphatic carbocycles. The lowest BCUT2D eigenvalue weighted by Crippen LogP contribution is -2.59. The summed E-state index contributed by atoms with van der Waals surface area (Å²) in [4.78, 5) is 27.9. The molecule has 2 fully saturated rings. The third kappa shape index (κ3) is 3.31. The number of hydrogen-bond donors (Lipinski definition) is 2. The van der Waals surface area contributed by atoms with Crippen molar-refractivity contribution in [2.24, 2.45) is 5.41 Å². The fourth-order valence-electron chi connectivity index (χ4n) is 3.44. The fraction of sp³-hybridized carbons (Fsp3) is 0.867. The standard InChI is InChI=1S/C15H27N3O3/c1-11-8-18(9-12(2)17(11)3)14(21)16-10-15(13(19)20)6-4-5-7-15/h11-12H,4-10H2,1-3H3,(H,16,21)(H,19,20).